The minimum atomic E-state index is 0. The van der Waals surface area contributed by atoms with Crippen molar-refractivity contribution in [2.75, 3.05) is 0 Å². The molecule has 0 aliphatic heterocycles. The van der Waals surface area contributed by atoms with Crippen molar-refractivity contribution in [2.45, 2.75) is 39.7 Å². The van der Waals surface area contributed by atoms with E-state index in [1.54, 1.807) is 0 Å². The molecule has 54 valence electrons. The maximum atomic E-state index is 4.33. The van der Waals surface area contributed by atoms with Crippen LogP contribution in [0.5, 0.6) is 0 Å². The van der Waals surface area contributed by atoms with E-state index >= 15 is 0 Å². The molecule has 1 nitrogen and oxygen atoms in total. The van der Waals surface area contributed by atoms with E-state index in [0.29, 0.717) is 0 Å². The van der Waals surface area contributed by atoms with Gasteiger partial charge in [0.05, 0.1) is 0 Å². The van der Waals surface area contributed by atoms with Gasteiger partial charge in [-0.3, -0.25) is 0 Å². The monoisotopic (exact) mass is 133 g/mol. The minimum absolute atomic E-state index is 0. The van der Waals surface area contributed by atoms with Gasteiger partial charge in [0.1, 0.15) is 0 Å². The fourth-order valence-electron chi connectivity index (χ4n) is 0.553. The Hall–Kier alpha value is 0.137. The number of nitrogens with zero attached hydrogens (tertiary/aromatic N) is 1. The van der Waals surface area contributed by atoms with Crippen molar-refractivity contribution in [1.29, 1.82) is 0 Å². The molecule has 0 aliphatic rings. The summed E-state index contributed by atoms with van der Waals surface area (Å²) in [5.41, 5.74) is 1.04. The van der Waals surface area contributed by atoms with Crippen LogP contribution in [0.1, 0.15) is 34.1 Å². The first kappa shape index (κ1) is 12.8. The molecule has 0 aliphatic carbocycles. The Balaban J connectivity index is 0. The fraction of sp³-hybridized carbons (Fsp3) is 0.750. The molecule has 0 aromatic carbocycles. The molecule has 0 atom stereocenters. The maximum Gasteiger partial charge on any atom is 1.00 e. The van der Waals surface area contributed by atoms with Crippen LogP contribution in [-0.4, -0.2) is 5.54 Å². The third-order valence-corrected chi connectivity index (χ3v) is 0.902. The van der Waals surface area contributed by atoms with E-state index in [9.17, 15) is 0 Å². The predicted octanol–water partition coefficient (Wildman–Crippen LogP) is 0.0863. The summed E-state index contributed by atoms with van der Waals surface area (Å²) in [7, 11) is 0. The van der Waals surface area contributed by atoms with Crippen molar-refractivity contribution < 1.29 is 18.9 Å². The SMILES string of the molecule is C=C(CC)[N-]C(C)(C)C.[Li+]. The zero-order valence-electron chi connectivity index (χ0n) is 7.86. The van der Waals surface area contributed by atoms with E-state index in [-0.39, 0.29) is 24.4 Å². The number of hydrogen-bond donors (Lipinski definition) is 0. The largest absolute Gasteiger partial charge is 1.00 e. The van der Waals surface area contributed by atoms with Crippen molar-refractivity contribution in [3.63, 3.8) is 0 Å². The van der Waals surface area contributed by atoms with E-state index in [0.717, 1.165) is 12.1 Å². The van der Waals surface area contributed by atoms with Crippen molar-refractivity contribution in [3.8, 4) is 0 Å². The average molecular weight is 133 g/mol. The van der Waals surface area contributed by atoms with Gasteiger partial charge in [-0.2, -0.15) is 5.70 Å². The van der Waals surface area contributed by atoms with Crippen LogP contribution in [-0.2, 0) is 0 Å². The quantitative estimate of drug-likeness (QED) is 0.474. The smallest absolute Gasteiger partial charge is 0.684 e. The van der Waals surface area contributed by atoms with Crippen molar-refractivity contribution >= 4 is 0 Å². The predicted molar refractivity (Wildman–Crippen MR) is 42.5 cm³/mol. The van der Waals surface area contributed by atoms with Crippen LogP contribution in [0.2, 0.25) is 0 Å². The van der Waals surface area contributed by atoms with Crippen LogP contribution >= 0.6 is 0 Å². The van der Waals surface area contributed by atoms with Gasteiger partial charge < -0.3 is 5.32 Å². The normalized spacial score (nSPS) is 10.0. The summed E-state index contributed by atoms with van der Waals surface area (Å²) < 4.78 is 0. The Kier molecular flexibility index (Phi) is 6.23. The molecule has 0 radical (unpaired) electrons. The Bertz CT molecular complexity index is 102. The number of rotatable bonds is 2. The molecule has 0 spiro atoms. The van der Waals surface area contributed by atoms with Crippen LogP contribution in [0.3, 0.4) is 0 Å². The molecule has 0 saturated heterocycles. The summed E-state index contributed by atoms with van der Waals surface area (Å²) in [6.07, 6.45) is 0.956. The summed E-state index contributed by atoms with van der Waals surface area (Å²) in [4.78, 5) is 0. The van der Waals surface area contributed by atoms with Gasteiger partial charge in [-0.1, -0.05) is 34.1 Å². The van der Waals surface area contributed by atoms with E-state index in [1.165, 1.54) is 0 Å². The second-order valence-corrected chi connectivity index (χ2v) is 3.20. The molecule has 0 unspecified atom stereocenters. The first-order valence-electron chi connectivity index (χ1n) is 3.36. The van der Waals surface area contributed by atoms with Crippen molar-refractivity contribution in [2.24, 2.45) is 0 Å². The molecule has 0 fully saturated rings. The first-order valence-corrected chi connectivity index (χ1v) is 3.36. The Morgan fingerprint density at radius 2 is 1.80 bits per heavy atom. The van der Waals surface area contributed by atoms with Gasteiger partial charge in [-0.25, -0.2) is 0 Å². The zero-order chi connectivity index (χ0) is 7.49. The summed E-state index contributed by atoms with van der Waals surface area (Å²) in [6.45, 7) is 12.1. The molecule has 10 heavy (non-hydrogen) atoms. The zero-order valence-corrected chi connectivity index (χ0v) is 7.86. The molecular weight excluding hydrogens is 117 g/mol. The number of allylic oxidation sites excluding steroid dienone is 1. The molecule has 0 bridgehead atoms. The van der Waals surface area contributed by atoms with Gasteiger partial charge in [-0.15, -0.1) is 12.1 Å². The third kappa shape index (κ3) is 8.14. The van der Waals surface area contributed by atoms with Crippen LogP contribution in [0, 0.1) is 0 Å². The van der Waals surface area contributed by atoms with E-state index < -0.39 is 0 Å². The van der Waals surface area contributed by atoms with E-state index in [2.05, 4.69) is 39.6 Å². The van der Waals surface area contributed by atoms with E-state index in [1.807, 2.05) is 0 Å². The summed E-state index contributed by atoms with van der Waals surface area (Å²) in [5.74, 6) is 0. The first-order chi connectivity index (χ1) is 3.95. The van der Waals surface area contributed by atoms with Crippen LogP contribution in [0.25, 0.3) is 5.32 Å². The Labute approximate surface area is 76.5 Å². The molecule has 0 amide bonds. The Morgan fingerprint density at radius 3 is 1.90 bits per heavy atom. The van der Waals surface area contributed by atoms with Crippen LogP contribution < -0.4 is 18.9 Å². The Morgan fingerprint density at radius 1 is 1.40 bits per heavy atom. The fourth-order valence-corrected chi connectivity index (χ4v) is 0.553. The van der Waals surface area contributed by atoms with Gasteiger partial charge >= 0.3 is 18.9 Å². The summed E-state index contributed by atoms with van der Waals surface area (Å²) in [5, 5.41) is 4.33. The molecule has 0 aromatic rings. The minimum Gasteiger partial charge on any atom is -0.684 e. The average Bonchev–Trinajstić information content (AvgIpc) is 1.62. The molecule has 0 saturated carbocycles. The topological polar surface area (TPSA) is 14.1 Å². The molecule has 0 N–H and O–H groups in total. The standard InChI is InChI=1S/C8H16N.Li/c1-6-7(2)9-8(3,4)5;/h2,6H2,1,3-5H3;/q-1;+1. The third-order valence-electron chi connectivity index (χ3n) is 0.902. The molecular formula is C8H16LiN. The summed E-state index contributed by atoms with van der Waals surface area (Å²) >= 11 is 0. The van der Waals surface area contributed by atoms with Gasteiger partial charge in [-0.05, 0) is 0 Å². The molecule has 0 heterocycles. The number of hydrogen-bond acceptors (Lipinski definition) is 0. The molecule has 0 rings (SSSR count). The van der Waals surface area contributed by atoms with Gasteiger partial charge in [0.25, 0.3) is 0 Å². The van der Waals surface area contributed by atoms with Crippen LogP contribution in [0.4, 0.5) is 0 Å². The van der Waals surface area contributed by atoms with Gasteiger partial charge in [0.2, 0.25) is 0 Å². The molecule has 2 heteroatoms. The van der Waals surface area contributed by atoms with Gasteiger partial charge in [0.15, 0.2) is 0 Å². The van der Waals surface area contributed by atoms with Crippen molar-refractivity contribution in [3.05, 3.63) is 17.6 Å². The van der Waals surface area contributed by atoms with E-state index in [4.69, 9.17) is 0 Å². The second kappa shape index (κ2) is 4.88. The van der Waals surface area contributed by atoms with Crippen molar-refractivity contribution in [1.82, 2.24) is 0 Å². The summed E-state index contributed by atoms with van der Waals surface area (Å²) in [6, 6.07) is 0. The van der Waals surface area contributed by atoms with Crippen LogP contribution in [0.15, 0.2) is 12.3 Å². The maximum absolute atomic E-state index is 4.33. The second-order valence-electron chi connectivity index (χ2n) is 3.20. The van der Waals surface area contributed by atoms with Gasteiger partial charge in [0, 0.05) is 0 Å². The molecule has 0 aromatic heterocycles.